The number of carboxylic acid groups (broad SMARTS) is 2. The van der Waals surface area contributed by atoms with Crippen LogP contribution in [0.2, 0.25) is 0 Å². The Morgan fingerprint density at radius 1 is 0.824 bits per heavy atom. The third kappa shape index (κ3) is 11.8. The zero-order valence-electron chi connectivity index (χ0n) is 19.6. The van der Waals surface area contributed by atoms with Crippen LogP contribution < -0.4 is 0 Å². The number of carbonyl (C=O) groups excluding carboxylic acids is 2. The Kier molecular flexibility index (Phi) is 14.8. The van der Waals surface area contributed by atoms with Crippen molar-refractivity contribution >= 4 is 63.6 Å². The molecule has 2 saturated carbocycles. The Morgan fingerprint density at radius 2 is 1.18 bits per heavy atom. The quantitative estimate of drug-likeness (QED) is 0.186. The van der Waals surface area contributed by atoms with Crippen LogP contribution in [0, 0.1) is 0 Å². The summed E-state index contributed by atoms with van der Waals surface area (Å²) in [7, 11) is -4.94. The van der Waals surface area contributed by atoms with E-state index < -0.39 is 45.2 Å². The van der Waals surface area contributed by atoms with Gasteiger partial charge in [-0.1, -0.05) is 12.8 Å². The molecule has 13 heteroatoms. The van der Waals surface area contributed by atoms with Crippen LogP contribution in [0.25, 0.3) is 0 Å². The maximum Gasteiger partial charge on any atom is 0.331 e. The van der Waals surface area contributed by atoms with Crippen LogP contribution in [-0.2, 0) is 38.8 Å². The predicted molar refractivity (Wildman–Crippen MR) is 121 cm³/mol. The Bertz CT molecular complexity index is 794. The summed E-state index contributed by atoms with van der Waals surface area (Å²) in [5, 5.41) is 16.6. The van der Waals surface area contributed by atoms with E-state index in [-0.39, 0.29) is 41.8 Å². The number of rotatable bonds is 8. The van der Waals surface area contributed by atoms with E-state index in [1.54, 1.807) is 0 Å². The first kappa shape index (κ1) is 32.5. The fourth-order valence-electron chi connectivity index (χ4n) is 3.47. The number of hydrogen-bond acceptors (Lipinski definition) is 8. The first-order valence-electron chi connectivity index (χ1n) is 10.9. The molecule has 2 fully saturated rings. The van der Waals surface area contributed by atoms with E-state index in [1.807, 2.05) is 0 Å². The van der Waals surface area contributed by atoms with Crippen molar-refractivity contribution in [3.05, 3.63) is 12.2 Å². The topological polar surface area (TPSA) is 182 Å². The molecule has 0 bridgehead atoms. The predicted octanol–water partition coefficient (Wildman–Crippen LogP) is 2.11. The fourth-order valence-corrected chi connectivity index (χ4v) is 4.00. The molecule has 0 amide bonds. The van der Waals surface area contributed by atoms with Crippen molar-refractivity contribution in [1.82, 2.24) is 0 Å². The summed E-state index contributed by atoms with van der Waals surface area (Å²) in [5.41, 5.74) is 0. The van der Waals surface area contributed by atoms with E-state index in [0.29, 0.717) is 6.92 Å². The minimum atomic E-state index is -4.94. The molecular weight excluding hydrogens is 483 g/mol. The molecule has 2 rings (SSSR count). The third-order valence-corrected chi connectivity index (χ3v) is 6.99. The number of carboxylic acids is 2. The zero-order chi connectivity index (χ0) is 25.1. The molecule has 0 aromatic rings. The van der Waals surface area contributed by atoms with Gasteiger partial charge in [-0.3, -0.25) is 14.1 Å². The molecule has 1 atom stereocenters. The summed E-state index contributed by atoms with van der Waals surface area (Å²) >= 11 is 0. The van der Waals surface area contributed by atoms with Gasteiger partial charge in [-0.05, 0) is 58.3 Å². The average molecular weight is 516 g/mol. The van der Waals surface area contributed by atoms with E-state index in [0.717, 1.165) is 51.4 Å². The summed E-state index contributed by atoms with van der Waals surface area (Å²) in [6.45, 7) is 0.624. The van der Waals surface area contributed by atoms with Gasteiger partial charge in [-0.15, -0.1) is 0 Å². The number of esters is 2. The molecule has 0 aliphatic heterocycles. The number of ether oxygens (including phenoxy) is 2. The zero-order valence-corrected chi connectivity index (χ0v) is 22.4. The average Bonchev–Trinajstić information content (AvgIpc) is 2.73. The summed E-state index contributed by atoms with van der Waals surface area (Å²) in [5.74, 6) is -4.39. The molecule has 3 N–H and O–H groups in total. The van der Waals surface area contributed by atoms with Crippen molar-refractivity contribution < 1.29 is 51.8 Å². The number of carbonyl (C=O) groups is 4. The van der Waals surface area contributed by atoms with E-state index in [9.17, 15) is 27.6 Å². The smallest absolute Gasteiger partial charge is 0.331 e. The molecule has 0 heterocycles. The van der Waals surface area contributed by atoms with Gasteiger partial charge in [0, 0.05) is 41.7 Å². The van der Waals surface area contributed by atoms with Gasteiger partial charge in [0.05, 0.1) is 6.42 Å². The molecule has 0 saturated heterocycles. The Labute approximate surface area is 221 Å². The molecule has 2 aliphatic carbocycles. The van der Waals surface area contributed by atoms with Crippen LogP contribution in [0.4, 0.5) is 0 Å². The second-order valence-electron chi connectivity index (χ2n) is 8.31. The van der Waals surface area contributed by atoms with Crippen LogP contribution in [-0.4, -0.2) is 93.6 Å². The molecule has 1 radical (unpaired) electrons. The maximum absolute atomic E-state index is 11.6. The standard InChI is InChI=1S/C16H24O4.C5H8O7S.Na/c17-15(19-13-7-3-1-4-8-13)11-12-16(18)20-14-9-5-2-6-10-14;1-5(4(8)9,2-3(6)7)13(10,11)12;/h11-14H,1-10H2;2H2,1H3,(H,6,7)(H,8,9)(H,10,11,12);/b12-11-;;. The van der Waals surface area contributed by atoms with Crippen molar-refractivity contribution in [2.75, 3.05) is 0 Å². The normalized spacial score (nSPS) is 19.0. The summed E-state index contributed by atoms with van der Waals surface area (Å²) in [4.78, 5) is 43.7. The second kappa shape index (κ2) is 15.5. The SMILES string of the molecule is CC(CC(=O)O)(C(=O)O)S(=O)(=O)O.O=C(/C=C\C(=O)OC1CCCCC1)OC1CCCCC1.[Na]. The Balaban J connectivity index is 0.000000684. The molecule has 2 aliphatic rings. The van der Waals surface area contributed by atoms with Gasteiger partial charge >= 0.3 is 23.9 Å². The van der Waals surface area contributed by atoms with Crippen LogP contribution in [0.1, 0.15) is 77.6 Å². The van der Waals surface area contributed by atoms with Gasteiger partial charge in [0.15, 0.2) is 0 Å². The van der Waals surface area contributed by atoms with Crippen molar-refractivity contribution in [3.8, 4) is 0 Å². The van der Waals surface area contributed by atoms with Crippen molar-refractivity contribution in [2.24, 2.45) is 0 Å². The van der Waals surface area contributed by atoms with Gasteiger partial charge in [0.25, 0.3) is 10.1 Å². The maximum atomic E-state index is 11.6. The molecule has 11 nitrogen and oxygen atoms in total. The van der Waals surface area contributed by atoms with E-state index in [1.165, 1.54) is 25.0 Å². The van der Waals surface area contributed by atoms with Crippen molar-refractivity contribution in [2.45, 2.75) is 94.5 Å². The summed E-state index contributed by atoms with van der Waals surface area (Å²) < 4.78 is 37.5. The number of aliphatic carboxylic acids is 2. The Hall–Kier alpha value is -1.47. The molecule has 1 unspecified atom stereocenters. The van der Waals surface area contributed by atoms with Gasteiger partial charge in [-0.2, -0.15) is 8.42 Å². The van der Waals surface area contributed by atoms with Crippen LogP contribution in [0.5, 0.6) is 0 Å². The van der Waals surface area contributed by atoms with Gasteiger partial charge in [0.1, 0.15) is 12.2 Å². The molecule has 0 aromatic heterocycles. The first-order chi connectivity index (χ1) is 15.3. The van der Waals surface area contributed by atoms with E-state index >= 15 is 0 Å². The van der Waals surface area contributed by atoms with Crippen LogP contribution >= 0.6 is 0 Å². The third-order valence-electron chi connectivity index (χ3n) is 5.54. The second-order valence-corrected chi connectivity index (χ2v) is 10.2. The summed E-state index contributed by atoms with van der Waals surface area (Å²) in [6, 6.07) is 0. The van der Waals surface area contributed by atoms with Crippen molar-refractivity contribution in [3.63, 3.8) is 0 Å². The van der Waals surface area contributed by atoms with Gasteiger partial charge in [-0.25, -0.2) is 9.59 Å². The minimum absolute atomic E-state index is 0. The van der Waals surface area contributed by atoms with E-state index in [2.05, 4.69) is 0 Å². The van der Waals surface area contributed by atoms with Crippen molar-refractivity contribution in [1.29, 1.82) is 0 Å². The van der Waals surface area contributed by atoms with Gasteiger partial charge < -0.3 is 19.7 Å². The van der Waals surface area contributed by atoms with Crippen LogP contribution in [0.3, 0.4) is 0 Å². The van der Waals surface area contributed by atoms with Crippen LogP contribution in [0.15, 0.2) is 12.2 Å². The molecule has 0 aromatic carbocycles. The number of hydrogen-bond donors (Lipinski definition) is 3. The van der Waals surface area contributed by atoms with E-state index in [4.69, 9.17) is 24.2 Å². The largest absolute Gasteiger partial charge is 0.481 e. The Morgan fingerprint density at radius 3 is 1.41 bits per heavy atom. The molecule has 34 heavy (non-hydrogen) atoms. The molecule has 189 valence electrons. The summed E-state index contributed by atoms with van der Waals surface area (Å²) in [6.07, 6.45) is 11.9. The monoisotopic (exact) mass is 515 g/mol. The molecular formula is C21H32NaO11S. The van der Waals surface area contributed by atoms with Gasteiger partial charge in [0.2, 0.25) is 4.75 Å². The molecule has 0 spiro atoms. The minimum Gasteiger partial charge on any atom is -0.481 e. The first-order valence-corrected chi connectivity index (χ1v) is 12.3. The fraction of sp³-hybridized carbons (Fsp3) is 0.714.